The second kappa shape index (κ2) is 6.35. The summed E-state index contributed by atoms with van der Waals surface area (Å²) in [5.41, 5.74) is 4.37. The highest BCUT2D eigenvalue weighted by molar-refractivity contribution is 5.64. The van der Waals surface area contributed by atoms with Crippen molar-refractivity contribution in [1.82, 2.24) is 0 Å². The molecule has 1 rings (SSSR count). The van der Waals surface area contributed by atoms with Crippen LogP contribution in [0.25, 0.3) is 0 Å². The molecule has 0 aliphatic heterocycles. The number of hydrogen-bond acceptors (Lipinski definition) is 4. The lowest BCUT2D eigenvalue weighted by atomic mass is 10.1. The average molecular weight is 224 g/mol. The molecule has 0 saturated heterocycles. The lowest BCUT2D eigenvalue weighted by molar-refractivity contribution is 0.311. The summed E-state index contributed by atoms with van der Waals surface area (Å²) in [6.07, 6.45) is 0. The van der Waals surface area contributed by atoms with Crippen molar-refractivity contribution >= 4 is 11.4 Å². The number of rotatable bonds is 6. The van der Waals surface area contributed by atoms with Gasteiger partial charge in [0, 0.05) is 24.5 Å². The molecule has 4 heteroatoms. The highest BCUT2D eigenvalue weighted by Gasteiger charge is 2.03. The van der Waals surface area contributed by atoms with Gasteiger partial charge in [0.1, 0.15) is 0 Å². The third-order valence-electron chi connectivity index (χ3n) is 2.54. The minimum Gasteiger partial charge on any atom is -0.395 e. The maximum Gasteiger partial charge on any atom is 0.0604 e. The van der Waals surface area contributed by atoms with Crippen molar-refractivity contribution in [3.8, 4) is 0 Å². The van der Waals surface area contributed by atoms with E-state index in [2.05, 4.69) is 16.7 Å². The molecule has 0 spiro atoms. The van der Waals surface area contributed by atoms with Gasteiger partial charge in [-0.05, 0) is 37.1 Å². The second-order valence-electron chi connectivity index (χ2n) is 3.77. The number of aliphatic hydroxyl groups excluding tert-OH is 2. The molecule has 0 radical (unpaired) electrons. The summed E-state index contributed by atoms with van der Waals surface area (Å²) in [6, 6.07) is 4.04. The van der Waals surface area contributed by atoms with Crippen LogP contribution in [0, 0.1) is 13.8 Å². The van der Waals surface area contributed by atoms with E-state index in [0.29, 0.717) is 13.1 Å². The van der Waals surface area contributed by atoms with E-state index in [1.54, 1.807) is 0 Å². The van der Waals surface area contributed by atoms with Crippen LogP contribution in [-0.4, -0.2) is 36.5 Å². The maximum atomic E-state index is 8.79. The van der Waals surface area contributed by atoms with Crippen molar-refractivity contribution in [2.24, 2.45) is 0 Å². The summed E-state index contributed by atoms with van der Waals surface area (Å²) < 4.78 is 0. The summed E-state index contributed by atoms with van der Waals surface area (Å²) in [7, 11) is 0. The predicted octanol–water partition coefficient (Wildman–Crippen LogP) is 1.11. The first-order valence-corrected chi connectivity index (χ1v) is 5.49. The van der Waals surface area contributed by atoms with Crippen LogP contribution in [0.1, 0.15) is 11.1 Å². The molecule has 0 fully saturated rings. The Morgan fingerprint density at radius 2 is 1.62 bits per heavy atom. The van der Waals surface area contributed by atoms with Crippen LogP contribution in [-0.2, 0) is 0 Å². The fourth-order valence-corrected chi connectivity index (χ4v) is 1.54. The molecule has 0 bridgehead atoms. The molecule has 1 aromatic carbocycles. The topological polar surface area (TPSA) is 64.5 Å². The minimum atomic E-state index is 0.117. The first-order valence-electron chi connectivity index (χ1n) is 5.49. The fraction of sp³-hybridized carbons (Fsp3) is 0.500. The summed E-state index contributed by atoms with van der Waals surface area (Å²) in [4.78, 5) is 0. The standard InChI is InChI=1S/C12H20N2O2/c1-9-7-11(13-3-5-15)8-12(10(9)2)14-4-6-16/h7-8,13-16H,3-6H2,1-2H3. The van der Waals surface area contributed by atoms with E-state index in [1.807, 2.05) is 19.9 Å². The Balaban J connectivity index is 2.83. The highest BCUT2D eigenvalue weighted by atomic mass is 16.3. The molecule has 4 N–H and O–H groups in total. The van der Waals surface area contributed by atoms with E-state index in [0.717, 1.165) is 11.4 Å². The van der Waals surface area contributed by atoms with E-state index >= 15 is 0 Å². The molecule has 0 unspecified atom stereocenters. The Hall–Kier alpha value is -1.26. The molecule has 0 aromatic heterocycles. The highest BCUT2D eigenvalue weighted by Crippen LogP contribution is 2.24. The van der Waals surface area contributed by atoms with Crippen molar-refractivity contribution in [1.29, 1.82) is 0 Å². The van der Waals surface area contributed by atoms with Crippen LogP contribution >= 0.6 is 0 Å². The van der Waals surface area contributed by atoms with Gasteiger partial charge in [0.05, 0.1) is 13.2 Å². The number of aliphatic hydroxyl groups is 2. The van der Waals surface area contributed by atoms with E-state index in [9.17, 15) is 0 Å². The molecule has 0 aliphatic rings. The smallest absolute Gasteiger partial charge is 0.0604 e. The molecule has 0 aliphatic carbocycles. The molecule has 0 saturated carbocycles. The largest absolute Gasteiger partial charge is 0.395 e. The number of nitrogens with one attached hydrogen (secondary N) is 2. The van der Waals surface area contributed by atoms with E-state index in [1.165, 1.54) is 11.1 Å². The van der Waals surface area contributed by atoms with E-state index in [-0.39, 0.29) is 13.2 Å². The summed E-state index contributed by atoms with van der Waals surface area (Å²) >= 11 is 0. The maximum absolute atomic E-state index is 8.79. The Labute approximate surface area is 96.3 Å². The van der Waals surface area contributed by atoms with Crippen LogP contribution in [0.5, 0.6) is 0 Å². The zero-order valence-electron chi connectivity index (χ0n) is 9.88. The first kappa shape index (κ1) is 12.8. The summed E-state index contributed by atoms with van der Waals surface area (Å²) in [5.74, 6) is 0. The van der Waals surface area contributed by atoms with Gasteiger partial charge in [0.15, 0.2) is 0 Å². The zero-order chi connectivity index (χ0) is 12.0. The number of anilines is 2. The first-order chi connectivity index (χ1) is 7.69. The SMILES string of the molecule is Cc1cc(NCCO)cc(NCCO)c1C. The van der Waals surface area contributed by atoms with Gasteiger partial charge < -0.3 is 20.8 Å². The molecule has 1 aromatic rings. The van der Waals surface area contributed by atoms with Crippen LogP contribution in [0.3, 0.4) is 0 Å². The van der Waals surface area contributed by atoms with Crippen molar-refractivity contribution < 1.29 is 10.2 Å². The molecule has 0 heterocycles. The molecule has 90 valence electrons. The van der Waals surface area contributed by atoms with Crippen LogP contribution in [0.2, 0.25) is 0 Å². The predicted molar refractivity (Wildman–Crippen MR) is 67.1 cm³/mol. The Bertz CT molecular complexity index is 340. The molecule has 0 amide bonds. The van der Waals surface area contributed by atoms with Crippen LogP contribution < -0.4 is 10.6 Å². The number of benzene rings is 1. The zero-order valence-corrected chi connectivity index (χ0v) is 9.88. The van der Waals surface area contributed by atoms with Gasteiger partial charge >= 0.3 is 0 Å². The summed E-state index contributed by atoms with van der Waals surface area (Å²) in [5, 5.41) is 23.8. The van der Waals surface area contributed by atoms with Crippen LogP contribution in [0.4, 0.5) is 11.4 Å². The van der Waals surface area contributed by atoms with Crippen LogP contribution in [0.15, 0.2) is 12.1 Å². The Morgan fingerprint density at radius 3 is 2.25 bits per heavy atom. The third-order valence-corrected chi connectivity index (χ3v) is 2.54. The van der Waals surface area contributed by atoms with Crippen molar-refractivity contribution in [3.05, 3.63) is 23.3 Å². The van der Waals surface area contributed by atoms with Gasteiger partial charge in [-0.3, -0.25) is 0 Å². The molecule has 16 heavy (non-hydrogen) atoms. The molecular weight excluding hydrogens is 204 g/mol. The quantitative estimate of drug-likeness (QED) is 0.584. The summed E-state index contributed by atoms with van der Waals surface area (Å²) in [6.45, 7) is 5.42. The Kier molecular flexibility index (Phi) is 5.08. The van der Waals surface area contributed by atoms with Gasteiger partial charge in [-0.2, -0.15) is 0 Å². The number of aryl methyl sites for hydroxylation is 1. The van der Waals surface area contributed by atoms with Crippen molar-refractivity contribution in [3.63, 3.8) is 0 Å². The second-order valence-corrected chi connectivity index (χ2v) is 3.77. The van der Waals surface area contributed by atoms with Gasteiger partial charge in [0.25, 0.3) is 0 Å². The lowest BCUT2D eigenvalue weighted by Gasteiger charge is -2.14. The lowest BCUT2D eigenvalue weighted by Crippen LogP contribution is -2.09. The van der Waals surface area contributed by atoms with E-state index < -0.39 is 0 Å². The molecular formula is C12H20N2O2. The fourth-order valence-electron chi connectivity index (χ4n) is 1.54. The molecule has 0 atom stereocenters. The molecule has 4 nitrogen and oxygen atoms in total. The van der Waals surface area contributed by atoms with Gasteiger partial charge in [0.2, 0.25) is 0 Å². The van der Waals surface area contributed by atoms with Crippen molar-refractivity contribution in [2.45, 2.75) is 13.8 Å². The van der Waals surface area contributed by atoms with Gasteiger partial charge in [-0.25, -0.2) is 0 Å². The third kappa shape index (κ3) is 3.40. The average Bonchev–Trinajstić information content (AvgIpc) is 2.28. The number of hydrogen-bond donors (Lipinski definition) is 4. The minimum absolute atomic E-state index is 0.117. The van der Waals surface area contributed by atoms with Gasteiger partial charge in [-0.15, -0.1) is 0 Å². The Morgan fingerprint density at radius 1 is 1.00 bits per heavy atom. The van der Waals surface area contributed by atoms with Gasteiger partial charge in [-0.1, -0.05) is 0 Å². The monoisotopic (exact) mass is 224 g/mol. The van der Waals surface area contributed by atoms with E-state index in [4.69, 9.17) is 10.2 Å². The normalized spacial score (nSPS) is 10.2. The van der Waals surface area contributed by atoms with Crippen molar-refractivity contribution in [2.75, 3.05) is 36.9 Å².